The van der Waals surface area contributed by atoms with Gasteiger partial charge in [-0.1, -0.05) is 19.8 Å². The maximum atomic E-state index is 11.1. The zero-order valence-corrected chi connectivity index (χ0v) is 13.2. The lowest BCUT2D eigenvalue weighted by molar-refractivity contribution is -0.144. The van der Waals surface area contributed by atoms with Crippen molar-refractivity contribution in [2.24, 2.45) is 5.92 Å². The highest BCUT2D eigenvalue weighted by molar-refractivity contribution is 5.85. The fourth-order valence-electron chi connectivity index (χ4n) is 3.39. The van der Waals surface area contributed by atoms with Crippen LogP contribution >= 0.6 is 12.4 Å². The van der Waals surface area contributed by atoms with Gasteiger partial charge in [0.2, 0.25) is 0 Å². The molecule has 1 saturated heterocycles. The summed E-state index contributed by atoms with van der Waals surface area (Å²) in [5, 5.41) is 9.17. The zero-order valence-electron chi connectivity index (χ0n) is 12.4. The molecule has 5 heteroatoms. The molecule has 2 fully saturated rings. The van der Waals surface area contributed by atoms with Crippen LogP contribution in [-0.2, 0) is 9.53 Å². The Kier molecular flexibility index (Phi) is 7.85. The molecule has 20 heavy (non-hydrogen) atoms. The highest BCUT2D eigenvalue weighted by atomic mass is 35.5. The summed E-state index contributed by atoms with van der Waals surface area (Å²) in [7, 11) is 0. The number of halogens is 1. The predicted octanol–water partition coefficient (Wildman–Crippen LogP) is 2.94. The van der Waals surface area contributed by atoms with Crippen LogP contribution in [0.15, 0.2) is 0 Å². The SMILES string of the molecule is CCC(C(=O)O)N1CCC(OCC2CCCC2)CC1.Cl. The first-order valence-corrected chi connectivity index (χ1v) is 7.79. The Hall–Kier alpha value is -0.320. The largest absolute Gasteiger partial charge is 0.480 e. The van der Waals surface area contributed by atoms with E-state index < -0.39 is 5.97 Å². The summed E-state index contributed by atoms with van der Waals surface area (Å²) in [4.78, 5) is 13.2. The van der Waals surface area contributed by atoms with Crippen molar-refractivity contribution in [2.75, 3.05) is 19.7 Å². The maximum absolute atomic E-state index is 11.1. The number of carboxylic acids is 1. The van der Waals surface area contributed by atoms with Gasteiger partial charge >= 0.3 is 5.97 Å². The normalized spacial score (nSPS) is 23.4. The van der Waals surface area contributed by atoms with Gasteiger partial charge in [-0.2, -0.15) is 0 Å². The molecular formula is C15H28ClNO3. The standard InChI is InChI=1S/C15H27NO3.ClH/c1-2-14(15(17)18)16-9-7-13(8-10-16)19-11-12-5-3-4-6-12;/h12-14H,2-11H2,1H3,(H,17,18);1H. The number of ether oxygens (including phenoxy) is 1. The van der Waals surface area contributed by atoms with E-state index in [0.29, 0.717) is 12.5 Å². The van der Waals surface area contributed by atoms with Crippen LogP contribution in [-0.4, -0.2) is 47.8 Å². The summed E-state index contributed by atoms with van der Waals surface area (Å²) < 4.78 is 6.01. The maximum Gasteiger partial charge on any atom is 0.320 e. The summed E-state index contributed by atoms with van der Waals surface area (Å²) in [5.41, 5.74) is 0. The van der Waals surface area contributed by atoms with Crippen molar-refractivity contribution in [3.63, 3.8) is 0 Å². The molecule has 1 aliphatic carbocycles. The van der Waals surface area contributed by atoms with Crippen LogP contribution in [0.2, 0.25) is 0 Å². The number of hydrogen-bond acceptors (Lipinski definition) is 3. The van der Waals surface area contributed by atoms with Crippen molar-refractivity contribution in [1.29, 1.82) is 0 Å². The molecule has 1 saturated carbocycles. The van der Waals surface area contributed by atoms with Crippen LogP contribution in [0.25, 0.3) is 0 Å². The Balaban J connectivity index is 0.00000200. The molecule has 0 aromatic rings. The van der Waals surface area contributed by atoms with E-state index in [1.165, 1.54) is 25.7 Å². The van der Waals surface area contributed by atoms with E-state index in [9.17, 15) is 4.79 Å². The van der Waals surface area contributed by atoms with E-state index in [-0.39, 0.29) is 18.4 Å². The number of carboxylic acid groups (broad SMARTS) is 1. The van der Waals surface area contributed by atoms with E-state index in [4.69, 9.17) is 9.84 Å². The third-order valence-electron chi connectivity index (χ3n) is 4.63. The minimum Gasteiger partial charge on any atom is -0.480 e. The summed E-state index contributed by atoms with van der Waals surface area (Å²) in [6.07, 6.45) is 8.39. The van der Waals surface area contributed by atoms with Gasteiger partial charge in [-0.05, 0) is 38.0 Å². The van der Waals surface area contributed by atoms with E-state index in [0.717, 1.165) is 38.5 Å². The molecule has 118 valence electrons. The van der Waals surface area contributed by atoms with Crippen LogP contribution in [0, 0.1) is 5.92 Å². The number of hydrogen-bond donors (Lipinski definition) is 1. The van der Waals surface area contributed by atoms with Crippen molar-refractivity contribution < 1.29 is 14.6 Å². The molecule has 2 aliphatic rings. The summed E-state index contributed by atoms with van der Waals surface area (Å²) >= 11 is 0. The van der Waals surface area contributed by atoms with Gasteiger partial charge in [0.05, 0.1) is 6.10 Å². The number of likely N-dealkylation sites (tertiary alicyclic amines) is 1. The second-order valence-electron chi connectivity index (χ2n) is 5.98. The quantitative estimate of drug-likeness (QED) is 0.819. The van der Waals surface area contributed by atoms with E-state index in [2.05, 4.69) is 4.90 Å². The Morgan fingerprint density at radius 3 is 2.35 bits per heavy atom. The van der Waals surface area contributed by atoms with Gasteiger partial charge in [0.25, 0.3) is 0 Å². The summed E-state index contributed by atoms with van der Waals surface area (Å²) in [5.74, 6) is 0.0910. The van der Waals surface area contributed by atoms with Crippen LogP contribution in [0.1, 0.15) is 51.9 Å². The number of rotatable bonds is 6. The molecule has 0 spiro atoms. The minimum absolute atomic E-state index is 0. The number of nitrogens with zero attached hydrogens (tertiary/aromatic N) is 1. The van der Waals surface area contributed by atoms with Crippen molar-refractivity contribution in [3.8, 4) is 0 Å². The highest BCUT2D eigenvalue weighted by Gasteiger charge is 2.29. The molecule has 1 N–H and O–H groups in total. The third-order valence-corrected chi connectivity index (χ3v) is 4.63. The molecule has 4 nitrogen and oxygen atoms in total. The van der Waals surface area contributed by atoms with Gasteiger partial charge in [-0.25, -0.2) is 0 Å². The van der Waals surface area contributed by atoms with E-state index >= 15 is 0 Å². The second-order valence-corrected chi connectivity index (χ2v) is 5.98. The van der Waals surface area contributed by atoms with E-state index in [1.54, 1.807) is 0 Å². The van der Waals surface area contributed by atoms with Gasteiger partial charge in [0.1, 0.15) is 6.04 Å². The van der Waals surface area contributed by atoms with Crippen molar-refractivity contribution in [3.05, 3.63) is 0 Å². The lowest BCUT2D eigenvalue weighted by Crippen LogP contribution is -2.46. The lowest BCUT2D eigenvalue weighted by Gasteiger charge is -2.35. The minimum atomic E-state index is -0.687. The fourth-order valence-corrected chi connectivity index (χ4v) is 3.39. The van der Waals surface area contributed by atoms with Gasteiger partial charge in [-0.15, -0.1) is 12.4 Å². The van der Waals surface area contributed by atoms with Crippen molar-refractivity contribution in [2.45, 2.75) is 64.0 Å². The molecule has 1 heterocycles. The van der Waals surface area contributed by atoms with Gasteiger partial charge in [-0.3, -0.25) is 9.69 Å². The predicted molar refractivity (Wildman–Crippen MR) is 81.5 cm³/mol. The van der Waals surface area contributed by atoms with Crippen LogP contribution < -0.4 is 0 Å². The molecular weight excluding hydrogens is 278 g/mol. The molecule has 0 aromatic heterocycles. The number of carbonyl (C=O) groups is 1. The number of aliphatic carboxylic acids is 1. The molecule has 0 aromatic carbocycles. The average molecular weight is 306 g/mol. The highest BCUT2D eigenvalue weighted by Crippen LogP contribution is 2.26. The molecule has 1 unspecified atom stereocenters. The third kappa shape index (κ3) is 4.90. The van der Waals surface area contributed by atoms with Crippen molar-refractivity contribution in [1.82, 2.24) is 4.90 Å². The summed E-state index contributed by atoms with van der Waals surface area (Å²) in [6, 6.07) is -0.309. The first-order chi connectivity index (χ1) is 9.20. The Morgan fingerprint density at radius 1 is 1.25 bits per heavy atom. The fraction of sp³-hybridized carbons (Fsp3) is 0.933. The van der Waals surface area contributed by atoms with Gasteiger partial charge in [0.15, 0.2) is 0 Å². The van der Waals surface area contributed by atoms with Crippen molar-refractivity contribution >= 4 is 18.4 Å². The zero-order chi connectivity index (χ0) is 13.7. The molecule has 1 aliphatic heterocycles. The van der Waals surface area contributed by atoms with Gasteiger partial charge in [0, 0.05) is 19.7 Å². The first kappa shape index (κ1) is 17.7. The van der Waals surface area contributed by atoms with Crippen LogP contribution in [0.5, 0.6) is 0 Å². The topological polar surface area (TPSA) is 49.8 Å². The molecule has 1 atom stereocenters. The molecule has 0 bridgehead atoms. The van der Waals surface area contributed by atoms with E-state index in [1.807, 2.05) is 6.92 Å². The smallest absolute Gasteiger partial charge is 0.320 e. The van der Waals surface area contributed by atoms with Crippen LogP contribution in [0.4, 0.5) is 0 Å². The average Bonchev–Trinajstić information content (AvgIpc) is 2.91. The van der Waals surface area contributed by atoms with Crippen LogP contribution in [0.3, 0.4) is 0 Å². The summed E-state index contributed by atoms with van der Waals surface area (Å²) in [6.45, 7) is 4.59. The lowest BCUT2D eigenvalue weighted by atomic mass is 10.0. The Morgan fingerprint density at radius 2 is 1.85 bits per heavy atom. The molecule has 0 amide bonds. The monoisotopic (exact) mass is 305 g/mol. The number of piperidine rings is 1. The van der Waals surface area contributed by atoms with Gasteiger partial charge < -0.3 is 9.84 Å². The Labute approximate surface area is 128 Å². The molecule has 0 radical (unpaired) electrons. The molecule has 2 rings (SSSR count). The Bertz CT molecular complexity index is 287. The second kappa shape index (κ2) is 8.85. The first-order valence-electron chi connectivity index (χ1n) is 7.79.